The lowest BCUT2D eigenvalue weighted by Crippen LogP contribution is -2.45. The minimum Gasteiger partial charge on any atom is -0.465 e. The zero-order valence-electron chi connectivity index (χ0n) is 20.9. The van der Waals surface area contributed by atoms with Crippen LogP contribution < -0.4 is 5.32 Å². The summed E-state index contributed by atoms with van der Waals surface area (Å²) in [5.41, 5.74) is 5.30. The molecule has 1 aromatic heterocycles. The highest BCUT2D eigenvalue weighted by atomic mass is 16.6. The van der Waals surface area contributed by atoms with Crippen molar-refractivity contribution >= 4 is 12.1 Å². The number of aryl methyl sites for hydroxylation is 2. The second-order valence-corrected chi connectivity index (χ2v) is 10.2. The summed E-state index contributed by atoms with van der Waals surface area (Å²) in [6.45, 7) is 11.1. The number of carbonyl (C=O) groups is 2. The number of imidazole rings is 1. The average molecular weight is 469 g/mol. The number of hydrogen-bond donors (Lipinski definition) is 1. The van der Waals surface area contributed by atoms with Crippen molar-refractivity contribution in [1.29, 1.82) is 0 Å². The van der Waals surface area contributed by atoms with Gasteiger partial charge in [-0.15, -0.1) is 0 Å². The molecule has 2 aliphatic rings. The van der Waals surface area contributed by atoms with Gasteiger partial charge in [0, 0.05) is 36.9 Å². The van der Waals surface area contributed by atoms with Crippen molar-refractivity contribution in [2.24, 2.45) is 0 Å². The topological polar surface area (TPSA) is 85.7 Å². The molecule has 1 amide bonds. The van der Waals surface area contributed by atoms with Crippen LogP contribution in [0.2, 0.25) is 0 Å². The predicted octanol–water partition coefficient (Wildman–Crippen LogP) is 3.35. The number of benzene rings is 1. The molecule has 184 valence electrons. The number of fused-ring (bicyclic) bond motifs is 3. The van der Waals surface area contributed by atoms with Crippen LogP contribution in [-0.2, 0) is 33.5 Å². The fourth-order valence-electron chi connectivity index (χ4n) is 4.90. The zero-order chi connectivity index (χ0) is 24.5. The van der Waals surface area contributed by atoms with Gasteiger partial charge in [0.15, 0.2) is 0 Å². The summed E-state index contributed by atoms with van der Waals surface area (Å²) in [5.74, 6) is -0.242. The van der Waals surface area contributed by atoms with E-state index in [1.807, 2.05) is 34.0 Å². The first-order valence-electron chi connectivity index (χ1n) is 12.2. The third-order valence-electron chi connectivity index (χ3n) is 6.41. The molecule has 1 aromatic carbocycles. The second kappa shape index (κ2) is 9.78. The van der Waals surface area contributed by atoms with Gasteiger partial charge in [0.25, 0.3) is 0 Å². The van der Waals surface area contributed by atoms with Crippen molar-refractivity contribution in [1.82, 2.24) is 19.8 Å². The molecule has 0 bridgehead atoms. The molecule has 4 rings (SSSR count). The second-order valence-electron chi connectivity index (χ2n) is 10.2. The molecule has 2 aliphatic heterocycles. The van der Waals surface area contributed by atoms with E-state index in [0.29, 0.717) is 26.1 Å². The molecule has 8 heteroatoms. The number of nitrogens with one attached hydrogen (secondary N) is 1. The summed E-state index contributed by atoms with van der Waals surface area (Å²) in [7, 11) is 0. The van der Waals surface area contributed by atoms with Crippen molar-refractivity contribution in [2.75, 3.05) is 19.7 Å². The Bertz CT molecular complexity index is 1060. The fourth-order valence-corrected chi connectivity index (χ4v) is 4.90. The first-order valence-corrected chi connectivity index (χ1v) is 12.2. The molecule has 3 heterocycles. The van der Waals surface area contributed by atoms with Gasteiger partial charge in [0.2, 0.25) is 0 Å². The van der Waals surface area contributed by atoms with Gasteiger partial charge in [-0.25, -0.2) is 9.78 Å². The number of likely N-dealkylation sites (tertiary alicyclic amines) is 1. The van der Waals surface area contributed by atoms with Crippen molar-refractivity contribution < 1.29 is 19.1 Å². The molecule has 8 nitrogen and oxygen atoms in total. The first kappa shape index (κ1) is 24.3. The van der Waals surface area contributed by atoms with Gasteiger partial charge in [-0.2, -0.15) is 0 Å². The van der Waals surface area contributed by atoms with E-state index in [1.54, 1.807) is 0 Å². The van der Waals surface area contributed by atoms with Crippen molar-refractivity contribution in [3.05, 3.63) is 47.0 Å². The molecular weight excluding hydrogens is 432 g/mol. The Morgan fingerprint density at radius 3 is 2.79 bits per heavy atom. The van der Waals surface area contributed by atoms with Gasteiger partial charge in [0.1, 0.15) is 11.6 Å². The van der Waals surface area contributed by atoms with E-state index in [-0.39, 0.29) is 12.0 Å². The van der Waals surface area contributed by atoms with Crippen molar-refractivity contribution in [3.8, 4) is 5.69 Å². The van der Waals surface area contributed by atoms with E-state index in [1.165, 1.54) is 16.8 Å². The number of amides is 1. The summed E-state index contributed by atoms with van der Waals surface area (Å²) in [5, 5.41) is 2.94. The Morgan fingerprint density at radius 2 is 2.06 bits per heavy atom. The fraction of sp³-hybridized carbons (Fsp3) is 0.577. The lowest BCUT2D eigenvalue weighted by Gasteiger charge is -2.27. The summed E-state index contributed by atoms with van der Waals surface area (Å²) < 4.78 is 13.0. The standard InChI is InChI=1S/C26H36N4O4/c1-6-33-24(31)23(29-12-11-19(15-29)28-25(32)34-26(3,4)5)14-20-22-10-8-18-13-17(2)7-9-21(18)30(22)16-27-20/h7,9,13,16,19,23H,6,8,10-12,14-15H2,1-5H3,(H,28,32)/t19-,23?/m0/s1. The van der Waals surface area contributed by atoms with Crippen molar-refractivity contribution in [3.63, 3.8) is 0 Å². The molecule has 1 fully saturated rings. The molecular formula is C26H36N4O4. The van der Waals surface area contributed by atoms with E-state index in [9.17, 15) is 9.59 Å². The van der Waals surface area contributed by atoms with Crippen LogP contribution in [0.4, 0.5) is 4.79 Å². The van der Waals surface area contributed by atoms with Crippen LogP contribution in [0.25, 0.3) is 5.69 Å². The van der Waals surface area contributed by atoms with Gasteiger partial charge in [0.05, 0.1) is 18.6 Å². The maximum Gasteiger partial charge on any atom is 0.407 e. The Morgan fingerprint density at radius 1 is 1.26 bits per heavy atom. The molecule has 34 heavy (non-hydrogen) atoms. The van der Waals surface area contributed by atoms with E-state index in [4.69, 9.17) is 14.5 Å². The third kappa shape index (κ3) is 5.43. The largest absolute Gasteiger partial charge is 0.465 e. The number of carbonyl (C=O) groups excluding carboxylic acids is 2. The number of hydrogen-bond acceptors (Lipinski definition) is 6. The minimum absolute atomic E-state index is 0.0715. The van der Waals surface area contributed by atoms with Crippen LogP contribution in [-0.4, -0.2) is 63.9 Å². The molecule has 0 radical (unpaired) electrons. The lowest BCUT2D eigenvalue weighted by atomic mass is 9.97. The SMILES string of the molecule is CCOC(=O)C(Cc1ncn2c1CCc1cc(C)ccc1-2)N1CC[C@H](NC(=O)OC(C)(C)C)C1. The Balaban J connectivity index is 1.49. The number of ether oxygens (including phenoxy) is 2. The monoisotopic (exact) mass is 468 g/mol. The number of esters is 1. The predicted molar refractivity (Wildman–Crippen MR) is 129 cm³/mol. The van der Waals surface area contributed by atoms with Gasteiger partial charge < -0.3 is 19.4 Å². The van der Waals surface area contributed by atoms with Gasteiger partial charge >= 0.3 is 12.1 Å². The van der Waals surface area contributed by atoms with Crippen LogP contribution in [0, 0.1) is 6.92 Å². The third-order valence-corrected chi connectivity index (χ3v) is 6.41. The van der Waals surface area contributed by atoms with E-state index in [0.717, 1.165) is 30.7 Å². The smallest absolute Gasteiger partial charge is 0.407 e. The summed E-state index contributed by atoms with van der Waals surface area (Å²) in [6, 6.07) is 6.00. The number of alkyl carbamates (subject to hydrolysis) is 1. The molecule has 0 spiro atoms. The molecule has 1 saturated heterocycles. The van der Waals surface area contributed by atoms with Gasteiger partial charge in [-0.05, 0) is 65.5 Å². The van der Waals surface area contributed by atoms with Gasteiger partial charge in [-0.1, -0.05) is 17.7 Å². The zero-order valence-corrected chi connectivity index (χ0v) is 20.9. The molecule has 0 saturated carbocycles. The average Bonchev–Trinajstić information content (AvgIpc) is 3.37. The van der Waals surface area contributed by atoms with E-state index >= 15 is 0 Å². The highest BCUT2D eigenvalue weighted by molar-refractivity contribution is 5.76. The van der Waals surface area contributed by atoms with Crippen LogP contribution in [0.1, 0.15) is 56.6 Å². The summed E-state index contributed by atoms with van der Waals surface area (Å²) in [4.78, 5) is 32.0. The summed E-state index contributed by atoms with van der Waals surface area (Å²) in [6.07, 6.45) is 4.54. The van der Waals surface area contributed by atoms with E-state index < -0.39 is 17.7 Å². The lowest BCUT2D eigenvalue weighted by molar-refractivity contribution is -0.149. The maximum atomic E-state index is 13.0. The van der Waals surface area contributed by atoms with E-state index in [2.05, 4.69) is 39.9 Å². The summed E-state index contributed by atoms with van der Waals surface area (Å²) >= 11 is 0. The highest BCUT2D eigenvalue weighted by Crippen LogP contribution is 2.29. The molecule has 2 atom stereocenters. The highest BCUT2D eigenvalue weighted by Gasteiger charge is 2.36. The Kier molecular flexibility index (Phi) is 6.98. The van der Waals surface area contributed by atoms with Crippen LogP contribution >= 0.6 is 0 Å². The Hall–Kier alpha value is -2.87. The molecule has 2 aromatic rings. The quantitative estimate of drug-likeness (QED) is 0.655. The normalized spacial score (nSPS) is 18.7. The molecule has 1 N–H and O–H groups in total. The van der Waals surface area contributed by atoms with Crippen LogP contribution in [0.15, 0.2) is 24.5 Å². The number of rotatable bonds is 6. The minimum atomic E-state index is -0.548. The number of aromatic nitrogens is 2. The van der Waals surface area contributed by atoms with Crippen LogP contribution in [0.3, 0.4) is 0 Å². The molecule has 1 unspecified atom stereocenters. The number of nitrogens with zero attached hydrogens (tertiary/aromatic N) is 3. The van der Waals surface area contributed by atoms with Gasteiger partial charge in [-0.3, -0.25) is 9.69 Å². The van der Waals surface area contributed by atoms with Crippen molar-refractivity contribution in [2.45, 2.75) is 78.0 Å². The maximum absolute atomic E-state index is 13.0. The Labute approximate surface area is 201 Å². The first-order chi connectivity index (χ1) is 16.1. The molecule has 0 aliphatic carbocycles. The van der Waals surface area contributed by atoms with Crippen LogP contribution in [0.5, 0.6) is 0 Å².